The van der Waals surface area contributed by atoms with Gasteiger partial charge in [0.15, 0.2) is 0 Å². The molecule has 2 rings (SSSR count). The van der Waals surface area contributed by atoms with Gasteiger partial charge in [0.2, 0.25) is 0 Å². The zero-order valence-corrected chi connectivity index (χ0v) is 10.4. The Kier molecular flexibility index (Phi) is 3.08. The number of hydrogen-bond acceptors (Lipinski definition) is 2. The number of hydrogen-bond donors (Lipinski definition) is 1. The van der Waals surface area contributed by atoms with E-state index in [1.54, 1.807) is 0 Å². The SMILES string of the molecule is CCc1cc(Br)c(C2C=CC=CN2)s1. The molecule has 0 bridgehead atoms. The van der Waals surface area contributed by atoms with Gasteiger partial charge in [-0.05, 0) is 40.7 Å². The van der Waals surface area contributed by atoms with Crippen molar-refractivity contribution in [3.63, 3.8) is 0 Å². The van der Waals surface area contributed by atoms with Crippen molar-refractivity contribution < 1.29 is 0 Å². The third kappa shape index (κ3) is 1.93. The lowest BCUT2D eigenvalue weighted by Crippen LogP contribution is -2.13. The lowest BCUT2D eigenvalue weighted by atomic mass is 10.2. The van der Waals surface area contributed by atoms with Crippen LogP contribution >= 0.6 is 27.3 Å². The van der Waals surface area contributed by atoms with E-state index < -0.39 is 0 Å². The summed E-state index contributed by atoms with van der Waals surface area (Å²) < 4.78 is 1.22. The van der Waals surface area contributed by atoms with Gasteiger partial charge in [-0.2, -0.15) is 0 Å². The predicted molar refractivity (Wildman–Crippen MR) is 65.6 cm³/mol. The van der Waals surface area contributed by atoms with Gasteiger partial charge in [-0.3, -0.25) is 0 Å². The molecule has 74 valence electrons. The Labute approximate surface area is 96.7 Å². The van der Waals surface area contributed by atoms with Gasteiger partial charge in [0.1, 0.15) is 0 Å². The van der Waals surface area contributed by atoms with Gasteiger partial charge < -0.3 is 5.32 Å². The highest BCUT2D eigenvalue weighted by Gasteiger charge is 2.14. The molecule has 0 saturated heterocycles. The highest BCUT2D eigenvalue weighted by atomic mass is 79.9. The molecule has 0 aliphatic carbocycles. The van der Waals surface area contributed by atoms with Gasteiger partial charge >= 0.3 is 0 Å². The molecule has 2 heterocycles. The number of rotatable bonds is 2. The highest BCUT2D eigenvalue weighted by Crippen LogP contribution is 2.34. The van der Waals surface area contributed by atoms with E-state index in [4.69, 9.17) is 0 Å². The molecule has 0 saturated carbocycles. The predicted octanol–water partition coefficient (Wildman–Crippen LogP) is 3.79. The van der Waals surface area contributed by atoms with E-state index in [0.29, 0.717) is 6.04 Å². The van der Waals surface area contributed by atoms with E-state index >= 15 is 0 Å². The molecule has 0 spiro atoms. The number of thiophene rings is 1. The van der Waals surface area contributed by atoms with Crippen LogP contribution in [-0.4, -0.2) is 0 Å². The largest absolute Gasteiger partial charge is 0.380 e. The first-order chi connectivity index (χ1) is 6.81. The van der Waals surface area contributed by atoms with Crippen LogP contribution in [0.1, 0.15) is 22.7 Å². The smallest absolute Gasteiger partial charge is 0.0800 e. The molecule has 1 aromatic heterocycles. The summed E-state index contributed by atoms with van der Waals surface area (Å²) in [7, 11) is 0. The first kappa shape index (κ1) is 9.99. The summed E-state index contributed by atoms with van der Waals surface area (Å²) in [5.74, 6) is 0. The van der Waals surface area contributed by atoms with Crippen LogP contribution in [0.3, 0.4) is 0 Å². The molecule has 1 aliphatic heterocycles. The van der Waals surface area contributed by atoms with Crippen molar-refractivity contribution >= 4 is 27.3 Å². The van der Waals surface area contributed by atoms with E-state index in [2.05, 4.69) is 46.4 Å². The normalized spacial score (nSPS) is 19.7. The number of dihydropyridines is 1. The van der Waals surface area contributed by atoms with Crippen molar-refractivity contribution in [3.8, 4) is 0 Å². The summed E-state index contributed by atoms with van der Waals surface area (Å²) in [6.07, 6.45) is 9.37. The maximum atomic E-state index is 3.61. The van der Waals surface area contributed by atoms with E-state index in [1.165, 1.54) is 14.2 Å². The highest BCUT2D eigenvalue weighted by molar-refractivity contribution is 9.10. The Morgan fingerprint density at radius 1 is 1.50 bits per heavy atom. The molecule has 1 aromatic rings. The molecule has 0 radical (unpaired) electrons. The molecular formula is C11H12BrNS. The van der Waals surface area contributed by atoms with Crippen LogP contribution in [0.2, 0.25) is 0 Å². The average Bonchev–Trinajstić information content (AvgIpc) is 2.61. The minimum absolute atomic E-state index is 0.333. The molecule has 0 aromatic carbocycles. The summed E-state index contributed by atoms with van der Waals surface area (Å²) in [6.45, 7) is 2.19. The Balaban J connectivity index is 2.27. The van der Waals surface area contributed by atoms with E-state index in [1.807, 2.05) is 23.6 Å². The summed E-state index contributed by atoms with van der Waals surface area (Å²) in [6, 6.07) is 2.55. The number of halogens is 1. The van der Waals surface area contributed by atoms with Gasteiger partial charge in [0, 0.05) is 14.2 Å². The molecule has 1 nitrogen and oxygen atoms in total. The van der Waals surface area contributed by atoms with Gasteiger partial charge in [-0.15, -0.1) is 11.3 Å². The van der Waals surface area contributed by atoms with Crippen LogP contribution in [0.25, 0.3) is 0 Å². The second-order valence-electron chi connectivity index (χ2n) is 3.17. The Bertz CT molecular complexity index is 379. The Hall–Kier alpha value is -0.540. The third-order valence-electron chi connectivity index (χ3n) is 2.18. The second-order valence-corrected chi connectivity index (χ2v) is 5.19. The molecule has 1 aliphatic rings. The van der Waals surface area contributed by atoms with Crippen LogP contribution in [0.4, 0.5) is 0 Å². The molecule has 1 atom stereocenters. The molecule has 3 heteroatoms. The maximum absolute atomic E-state index is 3.61. The molecule has 0 fully saturated rings. The average molecular weight is 270 g/mol. The fraction of sp³-hybridized carbons (Fsp3) is 0.273. The molecule has 14 heavy (non-hydrogen) atoms. The Morgan fingerprint density at radius 3 is 2.93 bits per heavy atom. The van der Waals surface area contributed by atoms with E-state index in [-0.39, 0.29) is 0 Å². The first-order valence-corrected chi connectivity index (χ1v) is 6.29. The Morgan fingerprint density at radius 2 is 2.36 bits per heavy atom. The van der Waals surface area contributed by atoms with Crippen molar-refractivity contribution in [2.24, 2.45) is 0 Å². The molecule has 1 unspecified atom stereocenters. The van der Waals surface area contributed by atoms with Gasteiger partial charge in [0.25, 0.3) is 0 Å². The van der Waals surface area contributed by atoms with Crippen LogP contribution in [0.15, 0.2) is 35.0 Å². The summed E-state index contributed by atoms with van der Waals surface area (Å²) in [5.41, 5.74) is 0. The molecule has 0 amide bonds. The van der Waals surface area contributed by atoms with Gasteiger partial charge in [0.05, 0.1) is 6.04 Å². The van der Waals surface area contributed by atoms with Crippen molar-refractivity contribution in [3.05, 3.63) is 44.7 Å². The zero-order chi connectivity index (χ0) is 9.97. The summed E-state index contributed by atoms with van der Waals surface area (Å²) in [5, 5.41) is 3.33. The number of nitrogens with one attached hydrogen (secondary N) is 1. The topological polar surface area (TPSA) is 12.0 Å². The van der Waals surface area contributed by atoms with Crippen LogP contribution in [0.5, 0.6) is 0 Å². The fourth-order valence-electron chi connectivity index (χ4n) is 1.43. The van der Waals surface area contributed by atoms with Crippen molar-refractivity contribution in [1.29, 1.82) is 0 Å². The monoisotopic (exact) mass is 269 g/mol. The van der Waals surface area contributed by atoms with E-state index in [0.717, 1.165) is 6.42 Å². The van der Waals surface area contributed by atoms with Crippen molar-refractivity contribution in [1.82, 2.24) is 5.32 Å². The molecular weight excluding hydrogens is 258 g/mol. The first-order valence-electron chi connectivity index (χ1n) is 4.68. The van der Waals surface area contributed by atoms with Crippen molar-refractivity contribution in [2.75, 3.05) is 0 Å². The minimum Gasteiger partial charge on any atom is -0.380 e. The third-order valence-corrected chi connectivity index (χ3v) is 4.46. The lowest BCUT2D eigenvalue weighted by Gasteiger charge is -2.14. The second kappa shape index (κ2) is 4.32. The zero-order valence-electron chi connectivity index (χ0n) is 7.96. The standard InChI is InChI=1S/C11H12BrNS/c1-2-8-7-9(12)11(14-8)10-5-3-4-6-13-10/h3-7,10,13H,2H2,1H3. The lowest BCUT2D eigenvalue weighted by molar-refractivity contribution is 0.758. The van der Waals surface area contributed by atoms with Crippen LogP contribution in [-0.2, 0) is 6.42 Å². The van der Waals surface area contributed by atoms with Gasteiger partial charge in [-0.25, -0.2) is 0 Å². The number of allylic oxidation sites excluding steroid dienone is 2. The van der Waals surface area contributed by atoms with E-state index in [9.17, 15) is 0 Å². The maximum Gasteiger partial charge on any atom is 0.0800 e. The summed E-state index contributed by atoms with van der Waals surface area (Å²) in [4.78, 5) is 2.79. The minimum atomic E-state index is 0.333. The molecule has 1 N–H and O–H groups in total. The van der Waals surface area contributed by atoms with Gasteiger partial charge in [-0.1, -0.05) is 19.1 Å². The van der Waals surface area contributed by atoms with Crippen LogP contribution in [0, 0.1) is 0 Å². The summed E-state index contributed by atoms with van der Waals surface area (Å²) >= 11 is 5.48. The van der Waals surface area contributed by atoms with Crippen LogP contribution < -0.4 is 5.32 Å². The van der Waals surface area contributed by atoms with Crippen molar-refractivity contribution in [2.45, 2.75) is 19.4 Å². The fourth-order valence-corrected chi connectivity index (χ4v) is 3.38. The quantitative estimate of drug-likeness (QED) is 0.862. The number of aryl methyl sites for hydroxylation is 1.